The molecule has 0 saturated carbocycles. The van der Waals surface area contributed by atoms with Crippen molar-refractivity contribution in [2.75, 3.05) is 13.1 Å². The summed E-state index contributed by atoms with van der Waals surface area (Å²) in [7, 11) is 0. The van der Waals surface area contributed by atoms with Crippen molar-refractivity contribution in [1.82, 2.24) is 24.8 Å². The number of rotatable bonds is 4. The molecule has 4 heterocycles. The predicted molar refractivity (Wildman–Crippen MR) is 93.1 cm³/mol. The zero-order valence-corrected chi connectivity index (χ0v) is 14.2. The van der Waals surface area contributed by atoms with E-state index in [-0.39, 0.29) is 11.9 Å². The molecule has 1 fully saturated rings. The van der Waals surface area contributed by atoms with E-state index >= 15 is 0 Å². The van der Waals surface area contributed by atoms with Gasteiger partial charge in [-0.15, -0.1) is 0 Å². The van der Waals surface area contributed by atoms with Gasteiger partial charge >= 0.3 is 6.03 Å². The number of likely N-dealkylation sites (tertiary alicyclic amines) is 1. The molecule has 7 nitrogen and oxygen atoms in total. The second-order valence-corrected chi connectivity index (χ2v) is 6.23. The Balaban J connectivity index is 1.46. The van der Waals surface area contributed by atoms with Crippen molar-refractivity contribution >= 4 is 17.2 Å². The number of urea groups is 1. The lowest BCUT2D eigenvalue weighted by atomic mass is 10.1. The van der Waals surface area contributed by atoms with Crippen LogP contribution >= 0.6 is 0 Å². The van der Waals surface area contributed by atoms with Gasteiger partial charge in [-0.25, -0.2) is 14.8 Å². The maximum atomic E-state index is 12.4. The summed E-state index contributed by atoms with van der Waals surface area (Å²) in [5, 5.41) is 2.91. The van der Waals surface area contributed by atoms with Crippen LogP contribution in [0.25, 0.3) is 11.2 Å². The van der Waals surface area contributed by atoms with Crippen molar-refractivity contribution < 1.29 is 9.21 Å². The van der Waals surface area contributed by atoms with Crippen LogP contribution in [0.15, 0.2) is 41.1 Å². The molecule has 130 valence electrons. The van der Waals surface area contributed by atoms with Gasteiger partial charge in [0.25, 0.3) is 0 Å². The number of carbonyl (C=O) groups is 1. The fourth-order valence-electron chi connectivity index (χ4n) is 3.44. The average Bonchev–Trinajstić information content (AvgIpc) is 3.38. The number of hydrogen-bond acceptors (Lipinski definition) is 4. The zero-order chi connectivity index (χ0) is 17.2. The summed E-state index contributed by atoms with van der Waals surface area (Å²) in [4.78, 5) is 23.5. The Labute approximate surface area is 145 Å². The third-order valence-electron chi connectivity index (χ3n) is 4.68. The van der Waals surface area contributed by atoms with E-state index in [0.29, 0.717) is 13.1 Å². The van der Waals surface area contributed by atoms with Gasteiger partial charge in [-0.1, -0.05) is 0 Å². The molecule has 2 amide bonds. The van der Waals surface area contributed by atoms with Crippen LogP contribution in [0.2, 0.25) is 0 Å². The van der Waals surface area contributed by atoms with Gasteiger partial charge in [0.15, 0.2) is 5.65 Å². The highest BCUT2D eigenvalue weighted by Crippen LogP contribution is 2.29. The molecule has 0 unspecified atom stereocenters. The summed E-state index contributed by atoms with van der Waals surface area (Å²) in [6.07, 6.45) is 4.32. The number of pyridine rings is 1. The van der Waals surface area contributed by atoms with Gasteiger partial charge in [-0.3, -0.25) is 0 Å². The molecular formula is C18H21N5O2. The van der Waals surface area contributed by atoms with Crippen LogP contribution in [0.4, 0.5) is 4.79 Å². The Morgan fingerprint density at radius 3 is 3.12 bits per heavy atom. The molecule has 25 heavy (non-hydrogen) atoms. The molecule has 1 aliphatic rings. The van der Waals surface area contributed by atoms with E-state index in [1.165, 1.54) is 0 Å². The molecule has 1 atom stereocenters. The van der Waals surface area contributed by atoms with Crippen LogP contribution in [0.5, 0.6) is 0 Å². The second-order valence-electron chi connectivity index (χ2n) is 6.23. The Kier molecular flexibility index (Phi) is 4.13. The minimum atomic E-state index is -0.0591. The minimum absolute atomic E-state index is 0.0591. The van der Waals surface area contributed by atoms with E-state index in [9.17, 15) is 4.79 Å². The number of furan rings is 1. The van der Waals surface area contributed by atoms with Crippen molar-refractivity contribution in [3.05, 3.63) is 48.3 Å². The maximum Gasteiger partial charge on any atom is 0.317 e. The first kappa shape index (κ1) is 15.7. The highest BCUT2D eigenvalue weighted by molar-refractivity contribution is 5.75. The summed E-state index contributed by atoms with van der Waals surface area (Å²) in [5.41, 5.74) is 1.83. The lowest BCUT2D eigenvalue weighted by Gasteiger charge is -2.17. The van der Waals surface area contributed by atoms with Crippen molar-refractivity contribution in [3.63, 3.8) is 0 Å². The molecule has 0 radical (unpaired) electrons. The Morgan fingerprint density at radius 1 is 1.40 bits per heavy atom. The number of aromatic nitrogens is 3. The minimum Gasteiger partial charge on any atom is -0.467 e. The predicted octanol–water partition coefficient (Wildman–Crippen LogP) is 2.74. The largest absolute Gasteiger partial charge is 0.467 e. The highest BCUT2D eigenvalue weighted by Gasteiger charge is 2.31. The van der Waals surface area contributed by atoms with Gasteiger partial charge in [-0.05, 0) is 37.6 Å². The zero-order valence-electron chi connectivity index (χ0n) is 14.2. The van der Waals surface area contributed by atoms with Gasteiger partial charge in [0, 0.05) is 31.7 Å². The Bertz CT molecular complexity index is 871. The molecule has 3 aromatic heterocycles. The summed E-state index contributed by atoms with van der Waals surface area (Å²) < 4.78 is 7.40. The van der Waals surface area contributed by atoms with Crippen LogP contribution < -0.4 is 5.32 Å². The molecule has 0 aromatic carbocycles. The van der Waals surface area contributed by atoms with Gasteiger partial charge in [0.1, 0.15) is 17.1 Å². The number of imidazole rings is 1. The van der Waals surface area contributed by atoms with Crippen molar-refractivity contribution in [1.29, 1.82) is 0 Å². The lowest BCUT2D eigenvalue weighted by molar-refractivity contribution is 0.206. The Morgan fingerprint density at radius 2 is 2.32 bits per heavy atom. The van der Waals surface area contributed by atoms with Crippen LogP contribution in [0, 0.1) is 0 Å². The molecule has 0 bridgehead atoms. The first-order chi connectivity index (χ1) is 12.3. The molecule has 4 rings (SSSR count). The maximum absolute atomic E-state index is 12.4. The standard InChI is InChI=1S/C18H21N5O2/c1-2-23-16(21-15-6-3-8-19-17(15)23)13-7-9-22(12-13)18(24)20-11-14-5-4-10-25-14/h3-6,8,10,13H,2,7,9,11-12H2,1H3,(H,20,24)/t13-/m1/s1. The lowest BCUT2D eigenvalue weighted by Crippen LogP contribution is -2.38. The van der Waals surface area contributed by atoms with Crippen LogP contribution in [0.1, 0.15) is 30.8 Å². The summed E-state index contributed by atoms with van der Waals surface area (Å²) in [6.45, 7) is 4.73. The van der Waals surface area contributed by atoms with E-state index in [1.54, 1.807) is 12.5 Å². The normalized spacial score (nSPS) is 17.3. The SMILES string of the molecule is CCn1c([C@@H]2CCN(C(=O)NCc3ccco3)C2)nc2cccnc21. The van der Waals surface area contributed by atoms with E-state index in [1.807, 2.05) is 29.2 Å². The number of aryl methyl sites for hydroxylation is 1. The molecule has 1 saturated heterocycles. The molecule has 1 aliphatic heterocycles. The van der Waals surface area contributed by atoms with Gasteiger partial charge in [0.05, 0.1) is 12.8 Å². The topological polar surface area (TPSA) is 76.2 Å². The van der Waals surface area contributed by atoms with Crippen LogP contribution in [-0.4, -0.2) is 38.6 Å². The number of carbonyl (C=O) groups excluding carboxylic acids is 1. The third kappa shape index (κ3) is 2.97. The van der Waals surface area contributed by atoms with Crippen LogP contribution in [-0.2, 0) is 13.1 Å². The monoisotopic (exact) mass is 339 g/mol. The number of nitrogens with zero attached hydrogens (tertiary/aromatic N) is 4. The molecule has 3 aromatic rings. The second kappa shape index (κ2) is 6.58. The van der Waals surface area contributed by atoms with Crippen LogP contribution in [0.3, 0.4) is 0 Å². The van der Waals surface area contributed by atoms with Gasteiger partial charge in [0.2, 0.25) is 0 Å². The smallest absolute Gasteiger partial charge is 0.317 e. The van der Waals surface area contributed by atoms with E-state index in [4.69, 9.17) is 9.40 Å². The number of fused-ring (bicyclic) bond motifs is 1. The van der Waals surface area contributed by atoms with E-state index in [0.717, 1.165) is 42.3 Å². The van der Waals surface area contributed by atoms with Gasteiger partial charge < -0.3 is 19.2 Å². The summed E-state index contributed by atoms with van der Waals surface area (Å²) in [5.74, 6) is 2.02. The van der Waals surface area contributed by atoms with Crippen molar-refractivity contribution in [2.24, 2.45) is 0 Å². The molecule has 1 N–H and O–H groups in total. The number of nitrogens with one attached hydrogen (secondary N) is 1. The Hall–Kier alpha value is -2.83. The summed E-state index contributed by atoms with van der Waals surface area (Å²) in [6, 6.07) is 7.50. The average molecular weight is 339 g/mol. The first-order valence-corrected chi connectivity index (χ1v) is 8.62. The molecular weight excluding hydrogens is 318 g/mol. The fourth-order valence-corrected chi connectivity index (χ4v) is 3.44. The molecule has 0 spiro atoms. The molecule has 0 aliphatic carbocycles. The van der Waals surface area contributed by atoms with E-state index in [2.05, 4.69) is 21.8 Å². The quantitative estimate of drug-likeness (QED) is 0.793. The third-order valence-corrected chi connectivity index (χ3v) is 4.68. The van der Waals surface area contributed by atoms with Gasteiger partial charge in [-0.2, -0.15) is 0 Å². The van der Waals surface area contributed by atoms with Crippen molar-refractivity contribution in [2.45, 2.75) is 32.4 Å². The first-order valence-electron chi connectivity index (χ1n) is 8.62. The summed E-state index contributed by atoms with van der Waals surface area (Å²) >= 11 is 0. The fraction of sp³-hybridized carbons (Fsp3) is 0.389. The highest BCUT2D eigenvalue weighted by atomic mass is 16.3. The van der Waals surface area contributed by atoms with E-state index < -0.39 is 0 Å². The number of amides is 2. The number of hydrogen-bond donors (Lipinski definition) is 1. The van der Waals surface area contributed by atoms with Crippen molar-refractivity contribution in [3.8, 4) is 0 Å². The molecule has 7 heteroatoms.